The number of nitro groups is 1. The van der Waals surface area contributed by atoms with Crippen molar-refractivity contribution in [2.24, 2.45) is 0 Å². The molecule has 1 atom stereocenters. The lowest BCUT2D eigenvalue weighted by Crippen LogP contribution is -2.30. The molecule has 0 heterocycles. The summed E-state index contributed by atoms with van der Waals surface area (Å²) in [5.74, 6) is -0.852. The Morgan fingerprint density at radius 3 is 2.48 bits per heavy atom. The standard InChI is InChI=1S/C18H17ClN2O6/c1-10-8-12(4-6-15(10)21(24)25)18(23)27-11(2)17(22)20-13-5-7-16(26-3)14(19)9-13/h4-9,11H,1-3H3,(H,20,22)/t11-/m0/s1. The number of carbonyl (C=O) groups is 2. The molecule has 142 valence electrons. The first-order valence-corrected chi connectivity index (χ1v) is 8.21. The van der Waals surface area contributed by atoms with Crippen LogP contribution in [0.2, 0.25) is 5.02 Å². The Morgan fingerprint density at radius 1 is 1.22 bits per heavy atom. The van der Waals surface area contributed by atoms with E-state index in [0.717, 1.165) is 0 Å². The van der Waals surface area contributed by atoms with Crippen LogP contribution in [0.25, 0.3) is 0 Å². The van der Waals surface area contributed by atoms with Gasteiger partial charge in [0, 0.05) is 17.3 Å². The van der Waals surface area contributed by atoms with E-state index in [4.69, 9.17) is 21.1 Å². The highest BCUT2D eigenvalue weighted by Gasteiger charge is 2.21. The van der Waals surface area contributed by atoms with Crippen molar-refractivity contribution in [3.63, 3.8) is 0 Å². The molecule has 0 radical (unpaired) electrons. The smallest absolute Gasteiger partial charge is 0.338 e. The maximum Gasteiger partial charge on any atom is 0.338 e. The number of esters is 1. The molecule has 0 unspecified atom stereocenters. The Kier molecular flexibility index (Phi) is 6.36. The van der Waals surface area contributed by atoms with Crippen LogP contribution < -0.4 is 10.1 Å². The third-order valence-corrected chi connectivity index (χ3v) is 4.00. The van der Waals surface area contributed by atoms with E-state index in [2.05, 4.69) is 5.32 Å². The first kappa shape index (κ1) is 20.2. The van der Waals surface area contributed by atoms with Gasteiger partial charge in [-0.05, 0) is 44.2 Å². The monoisotopic (exact) mass is 392 g/mol. The van der Waals surface area contributed by atoms with Gasteiger partial charge in [0.25, 0.3) is 11.6 Å². The number of rotatable bonds is 6. The number of anilines is 1. The molecule has 0 spiro atoms. The van der Waals surface area contributed by atoms with Gasteiger partial charge in [0.1, 0.15) is 5.75 Å². The molecule has 0 aliphatic heterocycles. The Labute approximate surface area is 160 Å². The quantitative estimate of drug-likeness (QED) is 0.455. The van der Waals surface area contributed by atoms with Crippen molar-refractivity contribution in [3.05, 3.63) is 62.7 Å². The number of nitro benzene ring substituents is 1. The number of amides is 1. The predicted molar refractivity (Wildman–Crippen MR) is 99.3 cm³/mol. The molecule has 27 heavy (non-hydrogen) atoms. The van der Waals surface area contributed by atoms with Crippen LogP contribution in [-0.4, -0.2) is 30.0 Å². The van der Waals surface area contributed by atoms with Gasteiger partial charge in [0.2, 0.25) is 0 Å². The van der Waals surface area contributed by atoms with Gasteiger partial charge in [-0.1, -0.05) is 11.6 Å². The fourth-order valence-electron chi connectivity index (χ4n) is 2.26. The summed E-state index contributed by atoms with van der Waals surface area (Å²) in [7, 11) is 1.47. The summed E-state index contributed by atoms with van der Waals surface area (Å²) in [5.41, 5.74) is 0.748. The van der Waals surface area contributed by atoms with Gasteiger partial charge in [-0.3, -0.25) is 14.9 Å². The molecule has 0 saturated carbocycles. The van der Waals surface area contributed by atoms with E-state index in [1.807, 2.05) is 0 Å². The maximum absolute atomic E-state index is 12.2. The van der Waals surface area contributed by atoms with Crippen LogP contribution in [-0.2, 0) is 9.53 Å². The first-order chi connectivity index (χ1) is 12.7. The highest BCUT2D eigenvalue weighted by Crippen LogP contribution is 2.27. The van der Waals surface area contributed by atoms with Gasteiger partial charge in [0.15, 0.2) is 6.10 Å². The molecule has 2 aromatic rings. The lowest BCUT2D eigenvalue weighted by atomic mass is 10.1. The van der Waals surface area contributed by atoms with Gasteiger partial charge in [-0.25, -0.2) is 4.79 Å². The highest BCUT2D eigenvalue weighted by atomic mass is 35.5. The third-order valence-electron chi connectivity index (χ3n) is 3.70. The fraction of sp³-hybridized carbons (Fsp3) is 0.222. The SMILES string of the molecule is COc1ccc(NC(=O)[C@H](C)OC(=O)c2ccc([N+](=O)[O-])c(C)c2)cc1Cl. The van der Waals surface area contributed by atoms with Crippen LogP contribution in [0.3, 0.4) is 0 Å². The molecule has 9 heteroatoms. The van der Waals surface area contributed by atoms with Crippen molar-refractivity contribution in [1.29, 1.82) is 0 Å². The number of methoxy groups -OCH3 is 1. The van der Waals surface area contributed by atoms with E-state index in [1.54, 1.807) is 12.1 Å². The molecule has 8 nitrogen and oxygen atoms in total. The summed E-state index contributed by atoms with van der Waals surface area (Å²) in [6, 6.07) is 8.53. The molecule has 0 aromatic heterocycles. The van der Waals surface area contributed by atoms with Crippen molar-refractivity contribution in [2.45, 2.75) is 20.0 Å². The van der Waals surface area contributed by atoms with E-state index in [1.165, 1.54) is 45.2 Å². The minimum Gasteiger partial charge on any atom is -0.495 e. The second-order valence-corrected chi connectivity index (χ2v) is 6.05. The lowest BCUT2D eigenvalue weighted by Gasteiger charge is -2.14. The molecular weight excluding hydrogens is 376 g/mol. The van der Waals surface area contributed by atoms with Crippen molar-refractivity contribution in [3.8, 4) is 5.75 Å². The van der Waals surface area contributed by atoms with Crippen LogP contribution in [0.4, 0.5) is 11.4 Å². The Hall–Kier alpha value is -3.13. The number of halogens is 1. The average Bonchev–Trinajstić information content (AvgIpc) is 2.61. The zero-order valence-electron chi connectivity index (χ0n) is 14.8. The number of nitrogens with one attached hydrogen (secondary N) is 1. The molecule has 1 amide bonds. The molecule has 0 aliphatic rings. The summed E-state index contributed by atoms with van der Waals surface area (Å²) >= 11 is 6.00. The molecule has 1 N–H and O–H groups in total. The second-order valence-electron chi connectivity index (χ2n) is 5.64. The third kappa shape index (κ3) is 4.95. The van der Waals surface area contributed by atoms with E-state index in [-0.39, 0.29) is 11.3 Å². The topological polar surface area (TPSA) is 108 Å². The Bertz CT molecular complexity index is 899. The molecule has 0 fully saturated rings. The number of hydrogen-bond donors (Lipinski definition) is 1. The summed E-state index contributed by atoms with van der Waals surface area (Å²) in [6.07, 6.45) is -1.09. The largest absolute Gasteiger partial charge is 0.495 e. The van der Waals surface area contributed by atoms with Crippen molar-refractivity contribution >= 4 is 34.9 Å². The van der Waals surface area contributed by atoms with E-state index in [9.17, 15) is 19.7 Å². The number of ether oxygens (including phenoxy) is 2. The van der Waals surface area contributed by atoms with E-state index >= 15 is 0 Å². The number of nitrogens with zero attached hydrogens (tertiary/aromatic N) is 1. The number of benzene rings is 2. The Balaban J connectivity index is 2.03. The second kappa shape index (κ2) is 8.50. The van der Waals surface area contributed by atoms with Crippen LogP contribution in [0, 0.1) is 17.0 Å². The lowest BCUT2D eigenvalue weighted by molar-refractivity contribution is -0.385. The summed E-state index contributed by atoms with van der Waals surface area (Å²) in [4.78, 5) is 34.7. The van der Waals surface area contributed by atoms with Crippen molar-refractivity contribution in [2.75, 3.05) is 12.4 Å². The van der Waals surface area contributed by atoms with E-state index in [0.29, 0.717) is 22.0 Å². The molecule has 0 saturated heterocycles. The van der Waals surface area contributed by atoms with Gasteiger partial charge in [-0.15, -0.1) is 0 Å². The zero-order valence-corrected chi connectivity index (χ0v) is 15.6. The number of carbonyl (C=O) groups excluding carboxylic acids is 2. The van der Waals surface area contributed by atoms with E-state index < -0.39 is 22.9 Å². The summed E-state index contributed by atoms with van der Waals surface area (Å²) in [6.45, 7) is 2.93. The maximum atomic E-state index is 12.2. The van der Waals surface area contributed by atoms with Crippen molar-refractivity contribution in [1.82, 2.24) is 0 Å². The summed E-state index contributed by atoms with van der Waals surface area (Å²) in [5, 5.41) is 13.7. The van der Waals surface area contributed by atoms with Crippen molar-refractivity contribution < 1.29 is 24.0 Å². The molecular formula is C18H17ClN2O6. The normalized spacial score (nSPS) is 11.4. The minimum atomic E-state index is -1.09. The molecule has 0 bridgehead atoms. The molecule has 2 rings (SSSR count). The number of hydrogen-bond acceptors (Lipinski definition) is 6. The van der Waals surface area contributed by atoms with Gasteiger partial charge < -0.3 is 14.8 Å². The average molecular weight is 393 g/mol. The summed E-state index contributed by atoms with van der Waals surface area (Å²) < 4.78 is 10.2. The van der Waals surface area contributed by atoms with Crippen LogP contribution >= 0.6 is 11.6 Å². The van der Waals surface area contributed by atoms with Crippen LogP contribution in [0.1, 0.15) is 22.8 Å². The highest BCUT2D eigenvalue weighted by molar-refractivity contribution is 6.32. The zero-order chi connectivity index (χ0) is 20.1. The predicted octanol–water partition coefficient (Wildman–Crippen LogP) is 3.75. The van der Waals surface area contributed by atoms with Gasteiger partial charge in [-0.2, -0.15) is 0 Å². The minimum absolute atomic E-state index is 0.103. The Morgan fingerprint density at radius 2 is 1.93 bits per heavy atom. The fourth-order valence-corrected chi connectivity index (χ4v) is 2.52. The van der Waals surface area contributed by atoms with Crippen LogP contribution in [0.15, 0.2) is 36.4 Å². The van der Waals surface area contributed by atoms with Gasteiger partial charge in [0.05, 0.1) is 22.6 Å². The molecule has 0 aliphatic carbocycles. The number of aryl methyl sites for hydroxylation is 1. The van der Waals surface area contributed by atoms with Crippen LogP contribution in [0.5, 0.6) is 5.75 Å². The first-order valence-electron chi connectivity index (χ1n) is 7.83. The molecule has 2 aromatic carbocycles. The van der Waals surface area contributed by atoms with Gasteiger partial charge >= 0.3 is 5.97 Å².